The van der Waals surface area contributed by atoms with E-state index in [9.17, 15) is 0 Å². The van der Waals surface area contributed by atoms with Crippen LogP contribution in [0.1, 0.15) is 13.8 Å². The minimum Gasteiger partial charge on any atom is -0.380 e. The number of aromatic nitrogens is 2. The quantitative estimate of drug-likeness (QED) is 0.830. The first-order chi connectivity index (χ1) is 7.72. The van der Waals surface area contributed by atoms with Crippen LogP contribution >= 0.6 is 0 Å². The molecule has 16 heavy (non-hydrogen) atoms. The van der Waals surface area contributed by atoms with Crippen molar-refractivity contribution in [3.8, 4) is 0 Å². The fraction of sp³-hybridized carbons (Fsp3) is 0.417. The Kier molecular flexibility index (Phi) is 3.10. The fourth-order valence-corrected chi connectivity index (χ4v) is 1.66. The van der Waals surface area contributed by atoms with E-state index in [4.69, 9.17) is 4.74 Å². The third kappa shape index (κ3) is 2.02. The molecule has 86 valence electrons. The number of hydrogen-bond acceptors (Lipinski definition) is 3. The number of ether oxygens (including phenoxy) is 1. The number of anilines is 1. The molecule has 0 saturated heterocycles. The lowest BCUT2D eigenvalue weighted by Gasteiger charge is -2.21. The zero-order chi connectivity index (χ0) is 11.5. The first kappa shape index (κ1) is 11.0. The van der Waals surface area contributed by atoms with Crippen molar-refractivity contribution in [2.24, 2.45) is 0 Å². The van der Waals surface area contributed by atoms with Crippen molar-refractivity contribution in [1.82, 2.24) is 10.2 Å². The topological polar surface area (TPSA) is 49.9 Å². The zero-order valence-corrected chi connectivity index (χ0v) is 9.82. The van der Waals surface area contributed by atoms with Crippen LogP contribution in [0.5, 0.6) is 0 Å². The van der Waals surface area contributed by atoms with E-state index in [2.05, 4.69) is 22.4 Å². The van der Waals surface area contributed by atoms with Crippen molar-refractivity contribution in [2.75, 3.05) is 12.4 Å². The molecular formula is C12H17N3O. The molecule has 0 amide bonds. The van der Waals surface area contributed by atoms with Gasteiger partial charge in [0.25, 0.3) is 0 Å². The lowest BCUT2D eigenvalue weighted by Crippen LogP contribution is -2.29. The standard InChI is InChI=1S/C12H17N3O/c1-8(9(2)16-3)14-11-6-4-5-10-7-13-15-12(10)11/h4-9,14H,1-3H3,(H,13,15). The van der Waals surface area contributed by atoms with E-state index in [1.807, 2.05) is 31.3 Å². The van der Waals surface area contributed by atoms with E-state index in [0.717, 1.165) is 16.6 Å². The highest BCUT2D eigenvalue weighted by Crippen LogP contribution is 2.21. The summed E-state index contributed by atoms with van der Waals surface area (Å²) in [5.74, 6) is 0. The summed E-state index contributed by atoms with van der Waals surface area (Å²) in [5, 5.41) is 11.6. The molecule has 2 rings (SSSR count). The lowest BCUT2D eigenvalue weighted by atomic mass is 10.1. The second-order valence-corrected chi connectivity index (χ2v) is 4.01. The second-order valence-electron chi connectivity index (χ2n) is 4.01. The normalized spacial score (nSPS) is 14.9. The molecule has 0 spiro atoms. The van der Waals surface area contributed by atoms with Gasteiger partial charge in [-0.2, -0.15) is 5.10 Å². The van der Waals surface area contributed by atoms with E-state index >= 15 is 0 Å². The van der Waals surface area contributed by atoms with Crippen molar-refractivity contribution >= 4 is 16.6 Å². The SMILES string of the molecule is COC(C)C(C)Nc1cccc2cn[nH]c12. The first-order valence-corrected chi connectivity index (χ1v) is 5.44. The Bertz CT molecular complexity index is 466. The second kappa shape index (κ2) is 4.53. The third-order valence-corrected chi connectivity index (χ3v) is 2.94. The van der Waals surface area contributed by atoms with Crippen LogP contribution in [0.15, 0.2) is 24.4 Å². The maximum absolute atomic E-state index is 5.29. The molecule has 2 unspecified atom stereocenters. The molecule has 2 aromatic rings. The van der Waals surface area contributed by atoms with Gasteiger partial charge in [0.05, 0.1) is 23.5 Å². The summed E-state index contributed by atoms with van der Waals surface area (Å²) in [6.45, 7) is 4.15. The maximum Gasteiger partial charge on any atom is 0.0881 e. The number of rotatable bonds is 4. The van der Waals surface area contributed by atoms with Gasteiger partial charge in [-0.3, -0.25) is 5.10 Å². The van der Waals surface area contributed by atoms with Crippen LogP contribution in [0.25, 0.3) is 10.9 Å². The van der Waals surface area contributed by atoms with Crippen molar-refractivity contribution < 1.29 is 4.74 Å². The molecule has 1 aromatic carbocycles. The largest absolute Gasteiger partial charge is 0.380 e. The summed E-state index contributed by atoms with van der Waals surface area (Å²) >= 11 is 0. The van der Waals surface area contributed by atoms with Gasteiger partial charge in [0.2, 0.25) is 0 Å². The highest BCUT2D eigenvalue weighted by atomic mass is 16.5. The van der Waals surface area contributed by atoms with Gasteiger partial charge in [-0.05, 0) is 19.9 Å². The van der Waals surface area contributed by atoms with Crippen LogP contribution in [-0.4, -0.2) is 29.5 Å². The Hall–Kier alpha value is -1.55. The summed E-state index contributed by atoms with van der Waals surface area (Å²) in [6.07, 6.45) is 1.99. The molecule has 0 aliphatic carbocycles. The van der Waals surface area contributed by atoms with E-state index in [1.165, 1.54) is 0 Å². The average Bonchev–Trinajstić information content (AvgIpc) is 2.77. The van der Waals surface area contributed by atoms with Crippen molar-refractivity contribution in [3.63, 3.8) is 0 Å². The number of nitrogens with zero attached hydrogens (tertiary/aromatic N) is 1. The molecule has 1 aromatic heterocycles. The predicted octanol–water partition coefficient (Wildman–Crippen LogP) is 2.40. The predicted molar refractivity (Wildman–Crippen MR) is 65.6 cm³/mol. The minimum absolute atomic E-state index is 0.165. The molecule has 4 nitrogen and oxygen atoms in total. The summed E-state index contributed by atoms with van der Waals surface area (Å²) in [7, 11) is 1.72. The smallest absolute Gasteiger partial charge is 0.0881 e. The van der Waals surface area contributed by atoms with E-state index in [0.29, 0.717) is 0 Å². The number of aromatic amines is 1. The molecule has 0 fully saturated rings. The van der Waals surface area contributed by atoms with E-state index in [-0.39, 0.29) is 12.1 Å². The van der Waals surface area contributed by atoms with Gasteiger partial charge in [0.1, 0.15) is 0 Å². The molecule has 0 bridgehead atoms. The van der Waals surface area contributed by atoms with Gasteiger partial charge < -0.3 is 10.1 Å². The molecule has 2 atom stereocenters. The minimum atomic E-state index is 0.165. The first-order valence-electron chi connectivity index (χ1n) is 5.44. The molecule has 0 aliphatic heterocycles. The Morgan fingerprint density at radius 1 is 1.38 bits per heavy atom. The Balaban J connectivity index is 2.23. The van der Waals surface area contributed by atoms with Crippen molar-refractivity contribution in [1.29, 1.82) is 0 Å². The van der Waals surface area contributed by atoms with Crippen LogP contribution < -0.4 is 5.32 Å². The number of methoxy groups -OCH3 is 1. The highest BCUT2D eigenvalue weighted by molar-refractivity contribution is 5.89. The summed E-state index contributed by atoms with van der Waals surface area (Å²) in [6, 6.07) is 6.34. The molecular weight excluding hydrogens is 202 g/mol. The van der Waals surface area contributed by atoms with Gasteiger partial charge in [0, 0.05) is 18.5 Å². The summed E-state index contributed by atoms with van der Waals surface area (Å²) < 4.78 is 5.29. The molecule has 0 saturated carbocycles. The zero-order valence-electron chi connectivity index (χ0n) is 9.82. The van der Waals surface area contributed by atoms with Gasteiger partial charge in [-0.15, -0.1) is 0 Å². The Morgan fingerprint density at radius 2 is 2.19 bits per heavy atom. The van der Waals surface area contributed by atoms with E-state index < -0.39 is 0 Å². The summed E-state index contributed by atoms with van der Waals surface area (Å²) in [4.78, 5) is 0. The van der Waals surface area contributed by atoms with Gasteiger partial charge in [0.15, 0.2) is 0 Å². The van der Waals surface area contributed by atoms with Crippen LogP contribution in [0.3, 0.4) is 0 Å². The molecule has 2 N–H and O–H groups in total. The summed E-state index contributed by atoms with van der Waals surface area (Å²) in [5.41, 5.74) is 2.10. The van der Waals surface area contributed by atoms with E-state index in [1.54, 1.807) is 7.11 Å². The van der Waals surface area contributed by atoms with Gasteiger partial charge >= 0.3 is 0 Å². The number of hydrogen-bond donors (Lipinski definition) is 2. The van der Waals surface area contributed by atoms with Gasteiger partial charge in [-0.25, -0.2) is 0 Å². The number of para-hydroxylation sites is 1. The Morgan fingerprint density at radius 3 is 2.94 bits per heavy atom. The van der Waals surface area contributed by atoms with Crippen molar-refractivity contribution in [2.45, 2.75) is 26.0 Å². The lowest BCUT2D eigenvalue weighted by molar-refractivity contribution is 0.106. The number of nitrogens with one attached hydrogen (secondary N) is 2. The fourth-order valence-electron chi connectivity index (χ4n) is 1.66. The third-order valence-electron chi connectivity index (χ3n) is 2.94. The highest BCUT2D eigenvalue weighted by Gasteiger charge is 2.12. The Labute approximate surface area is 95.0 Å². The molecule has 4 heteroatoms. The average molecular weight is 219 g/mol. The maximum atomic E-state index is 5.29. The molecule has 0 aliphatic rings. The molecule has 0 radical (unpaired) electrons. The van der Waals surface area contributed by atoms with Gasteiger partial charge in [-0.1, -0.05) is 12.1 Å². The van der Waals surface area contributed by atoms with Crippen molar-refractivity contribution in [3.05, 3.63) is 24.4 Å². The monoisotopic (exact) mass is 219 g/mol. The number of fused-ring (bicyclic) bond motifs is 1. The van der Waals surface area contributed by atoms with Crippen LogP contribution in [0.2, 0.25) is 0 Å². The van der Waals surface area contributed by atoms with Crippen LogP contribution in [0.4, 0.5) is 5.69 Å². The number of benzene rings is 1. The van der Waals surface area contributed by atoms with Crippen LogP contribution in [0, 0.1) is 0 Å². The van der Waals surface area contributed by atoms with Crippen LogP contribution in [-0.2, 0) is 4.74 Å². The number of H-pyrrole nitrogens is 1. The molecule has 1 heterocycles.